The second kappa shape index (κ2) is 7.24. The Balaban J connectivity index is 1.48. The molecule has 0 atom stereocenters. The molecular formula is C18H21N3O2. The zero-order chi connectivity index (χ0) is 16.1. The maximum absolute atomic E-state index is 11.4. The van der Waals surface area contributed by atoms with Gasteiger partial charge in [0.15, 0.2) is 0 Å². The first-order chi connectivity index (χ1) is 11.2. The van der Waals surface area contributed by atoms with Crippen molar-refractivity contribution in [2.24, 2.45) is 0 Å². The van der Waals surface area contributed by atoms with E-state index in [1.54, 1.807) is 0 Å². The Labute approximate surface area is 136 Å². The van der Waals surface area contributed by atoms with Gasteiger partial charge < -0.3 is 10.1 Å². The Kier molecular flexibility index (Phi) is 4.88. The fraction of sp³-hybridized carbons (Fsp3) is 0.333. The molecule has 5 heteroatoms. The van der Waals surface area contributed by atoms with Gasteiger partial charge >= 0.3 is 0 Å². The van der Waals surface area contributed by atoms with E-state index < -0.39 is 0 Å². The van der Waals surface area contributed by atoms with Crippen LogP contribution in [-0.4, -0.2) is 36.0 Å². The van der Waals surface area contributed by atoms with Crippen molar-refractivity contribution < 1.29 is 9.53 Å². The topological polar surface area (TPSA) is 54.5 Å². The zero-order valence-corrected chi connectivity index (χ0v) is 13.3. The van der Waals surface area contributed by atoms with Crippen molar-refractivity contribution >= 4 is 11.6 Å². The molecule has 0 spiro atoms. The summed E-state index contributed by atoms with van der Waals surface area (Å²) >= 11 is 0. The average Bonchev–Trinajstić information content (AvgIpc) is 2.56. The molecule has 1 aliphatic rings. The number of nitrogens with one attached hydrogen (secondary N) is 1. The van der Waals surface area contributed by atoms with E-state index >= 15 is 0 Å². The lowest BCUT2D eigenvalue weighted by Crippen LogP contribution is -2.24. The van der Waals surface area contributed by atoms with Gasteiger partial charge in [-0.15, -0.1) is 0 Å². The van der Waals surface area contributed by atoms with Crippen LogP contribution in [0.15, 0.2) is 42.6 Å². The number of aryl methyl sites for hydroxylation is 1. The number of carbonyl (C=O) groups excluding carboxylic acids is 1. The normalized spacial score (nSPS) is 13.6. The van der Waals surface area contributed by atoms with Crippen LogP contribution in [0.1, 0.15) is 17.7 Å². The van der Waals surface area contributed by atoms with Crippen molar-refractivity contribution in [3.63, 3.8) is 0 Å². The van der Waals surface area contributed by atoms with Crippen molar-refractivity contribution in [3.05, 3.63) is 53.9 Å². The molecule has 0 fully saturated rings. The molecule has 0 saturated heterocycles. The number of benzene rings is 1. The smallest absolute Gasteiger partial charge is 0.224 e. The van der Waals surface area contributed by atoms with Gasteiger partial charge in [0.1, 0.15) is 12.4 Å². The number of nitrogens with zero attached hydrogens (tertiary/aromatic N) is 2. The lowest BCUT2D eigenvalue weighted by Gasteiger charge is -2.19. The molecule has 0 bridgehead atoms. The van der Waals surface area contributed by atoms with Crippen LogP contribution in [0.4, 0.5) is 5.69 Å². The molecule has 3 rings (SSSR count). The van der Waals surface area contributed by atoms with Gasteiger partial charge in [-0.1, -0.05) is 6.07 Å². The summed E-state index contributed by atoms with van der Waals surface area (Å²) in [5, 5.41) is 2.88. The minimum atomic E-state index is 0.0855. The molecule has 0 saturated carbocycles. The number of ether oxygens (including phenoxy) is 1. The molecule has 120 valence electrons. The molecule has 1 N–H and O–H groups in total. The minimum Gasteiger partial charge on any atom is -0.492 e. The van der Waals surface area contributed by atoms with Crippen LogP contribution in [-0.2, 0) is 17.8 Å². The molecule has 0 radical (unpaired) electrons. The highest BCUT2D eigenvalue weighted by atomic mass is 16.5. The number of pyridine rings is 1. The van der Waals surface area contributed by atoms with Crippen molar-refractivity contribution in [1.82, 2.24) is 9.88 Å². The van der Waals surface area contributed by atoms with E-state index in [-0.39, 0.29) is 5.91 Å². The number of fused-ring (bicyclic) bond motifs is 1. The minimum absolute atomic E-state index is 0.0855. The molecule has 1 aromatic heterocycles. The first-order valence-electron chi connectivity index (χ1n) is 7.85. The summed E-state index contributed by atoms with van der Waals surface area (Å²) in [6.45, 7) is 2.25. The van der Waals surface area contributed by atoms with Crippen molar-refractivity contribution in [2.45, 2.75) is 19.4 Å². The van der Waals surface area contributed by atoms with Crippen molar-refractivity contribution in [3.8, 4) is 5.75 Å². The summed E-state index contributed by atoms with van der Waals surface area (Å²) in [4.78, 5) is 17.9. The molecule has 1 amide bonds. The van der Waals surface area contributed by atoms with Crippen LogP contribution >= 0.6 is 0 Å². The van der Waals surface area contributed by atoms with E-state index in [2.05, 4.69) is 22.2 Å². The molecule has 0 aliphatic carbocycles. The van der Waals surface area contributed by atoms with E-state index in [4.69, 9.17) is 4.74 Å². The lowest BCUT2D eigenvalue weighted by atomic mass is 10.0. The fourth-order valence-electron chi connectivity index (χ4n) is 2.62. The third-order valence-electron chi connectivity index (χ3n) is 3.87. The number of carbonyl (C=O) groups is 1. The fourth-order valence-corrected chi connectivity index (χ4v) is 2.62. The van der Waals surface area contributed by atoms with E-state index in [0.29, 0.717) is 13.0 Å². The van der Waals surface area contributed by atoms with Crippen LogP contribution in [0, 0.1) is 0 Å². The van der Waals surface area contributed by atoms with Crippen LogP contribution in [0.25, 0.3) is 0 Å². The summed E-state index contributed by atoms with van der Waals surface area (Å²) in [5.41, 5.74) is 3.10. The van der Waals surface area contributed by atoms with Gasteiger partial charge in [-0.3, -0.25) is 14.7 Å². The van der Waals surface area contributed by atoms with E-state index in [1.165, 1.54) is 0 Å². The molecular weight excluding hydrogens is 290 g/mol. The quantitative estimate of drug-likeness (QED) is 0.890. The Hall–Kier alpha value is -2.40. The van der Waals surface area contributed by atoms with Crippen molar-refractivity contribution in [1.29, 1.82) is 0 Å². The zero-order valence-electron chi connectivity index (χ0n) is 13.3. The Bertz CT molecular complexity index is 673. The predicted molar refractivity (Wildman–Crippen MR) is 89.5 cm³/mol. The number of anilines is 1. The van der Waals surface area contributed by atoms with Gasteiger partial charge in [-0.25, -0.2) is 0 Å². The number of hydrogen-bond donors (Lipinski definition) is 1. The monoisotopic (exact) mass is 311 g/mol. The third-order valence-corrected chi connectivity index (χ3v) is 3.87. The Morgan fingerprint density at radius 2 is 2.17 bits per heavy atom. The number of hydrogen-bond acceptors (Lipinski definition) is 4. The first kappa shape index (κ1) is 15.5. The molecule has 2 aromatic rings. The SMILES string of the molecule is CN(CCOc1ccc2c(c1)CCC(=O)N2)Cc1ccccn1. The molecule has 1 aromatic carbocycles. The summed E-state index contributed by atoms with van der Waals surface area (Å²) in [6, 6.07) is 11.8. The van der Waals surface area contributed by atoms with Crippen LogP contribution in [0.5, 0.6) is 5.75 Å². The predicted octanol–water partition coefficient (Wildman–Crippen LogP) is 2.48. The van der Waals surface area contributed by atoms with Gasteiger partial charge in [-0.2, -0.15) is 0 Å². The molecule has 2 heterocycles. The number of rotatable bonds is 6. The second-order valence-corrected chi connectivity index (χ2v) is 5.77. The van der Waals surface area contributed by atoms with Crippen LogP contribution in [0.2, 0.25) is 0 Å². The van der Waals surface area contributed by atoms with Crippen molar-refractivity contribution in [2.75, 3.05) is 25.5 Å². The van der Waals surface area contributed by atoms with Gasteiger partial charge in [0.2, 0.25) is 5.91 Å². The second-order valence-electron chi connectivity index (χ2n) is 5.77. The van der Waals surface area contributed by atoms with Crippen LogP contribution in [0.3, 0.4) is 0 Å². The number of aromatic nitrogens is 1. The van der Waals surface area contributed by atoms with Gasteiger partial charge in [0, 0.05) is 31.4 Å². The maximum Gasteiger partial charge on any atom is 0.224 e. The van der Waals surface area contributed by atoms with E-state index in [0.717, 1.165) is 42.2 Å². The third kappa shape index (κ3) is 4.29. The highest BCUT2D eigenvalue weighted by molar-refractivity contribution is 5.93. The van der Waals surface area contributed by atoms with Gasteiger partial charge in [0.25, 0.3) is 0 Å². The molecule has 0 unspecified atom stereocenters. The van der Waals surface area contributed by atoms with E-state index in [1.807, 2.05) is 42.6 Å². The first-order valence-corrected chi connectivity index (χ1v) is 7.85. The standard InChI is InChI=1S/C18H21N3O2/c1-21(13-15-4-2-3-9-19-15)10-11-23-16-6-7-17-14(12-16)5-8-18(22)20-17/h2-4,6-7,9,12H,5,8,10-11,13H2,1H3,(H,20,22). The number of amides is 1. The lowest BCUT2D eigenvalue weighted by molar-refractivity contribution is -0.116. The maximum atomic E-state index is 11.4. The summed E-state index contributed by atoms with van der Waals surface area (Å²) < 4.78 is 5.83. The number of likely N-dealkylation sites (N-methyl/N-ethyl adjacent to an activating group) is 1. The highest BCUT2D eigenvalue weighted by Crippen LogP contribution is 2.26. The Morgan fingerprint density at radius 1 is 1.26 bits per heavy atom. The molecule has 23 heavy (non-hydrogen) atoms. The molecule has 5 nitrogen and oxygen atoms in total. The van der Waals surface area contributed by atoms with E-state index in [9.17, 15) is 4.79 Å². The van der Waals surface area contributed by atoms with Gasteiger partial charge in [0.05, 0.1) is 5.69 Å². The summed E-state index contributed by atoms with van der Waals surface area (Å²) in [5.74, 6) is 0.938. The average molecular weight is 311 g/mol. The largest absolute Gasteiger partial charge is 0.492 e. The summed E-state index contributed by atoms with van der Waals surface area (Å²) in [7, 11) is 2.06. The van der Waals surface area contributed by atoms with Crippen LogP contribution < -0.4 is 10.1 Å². The highest BCUT2D eigenvalue weighted by Gasteiger charge is 2.15. The van der Waals surface area contributed by atoms with Gasteiger partial charge in [-0.05, 0) is 49.4 Å². The summed E-state index contributed by atoms with van der Waals surface area (Å²) in [6.07, 6.45) is 3.13. The Morgan fingerprint density at radius 3 is 3.00 bits per heavy atom. The molecule has 1 aliphatic heterocycles.